The predicted octanol–water partition coefficient (Wildman–Crippen LogP) is 6.94. The fourth-order valence-electron chi connectivity index (χ4n) is 3.59. The zero-order valence-electron chi connectivity index (χ0n) is 19.4. The second-order valence-corrected chi connectivity index (χ2v) is 9.04. The van der Waals surface area contributed by atoms with Crippen molar-refractivity contribution in [1.82, 2.24) is 4.98 Å². The molecule has 0 aliphatic carbocycles. The summed E-state index contributed by atoms with van der Waals surface area (Å²) in [6.45, 7) is 1.54. The Morgan fingerprint density at radius 3 is 2.25 bits per heavy atom. The van der Waals surface area contributed by atoms with Gasteiger partial charge in [-0.2, -0.15) is 0 Å². The Balaban J connectivity index is 1.24. The van der Waals surface area contributed by atoms with Crippen LogP contribution in [0, 0.1) is 0 Å². The largest absolute Gasteiger partial charge is 0.457 e. The highest BCUT2D eigenvalue weighted by molar-refractivity contribution is 7.21. The average molecular weight is 495 g/mol. The van der Waals surface area contributed by atoms with E-state index in [4.69, 9.17) is 9.47 Å². The topological polar surface area (TPSA) is 77.5 Å². The number of carbonyl (C=O) groups is 2. The van der Waals surface area contributed by atoms with E-state index in [-0.39, 0.29) is 0 Å². The third-order valence-corrected chi connectivity index (χ3v) is 6.49. The Bertz CT molecular complexity index is 1480. The van der Waals surface area contributed by atoms with Gasteiger partial charge in [0.2, 0.25) is 0 Å². The molecule has 36 heavy (non-hydrogen) atoms. The minimum absolute atomic E-state index is 0.360. The molecule has 178 valence electrons. The molecule has 1 aromatic heterocycles. The van der Waals surface area contributed by atoms with Crippen molar-refractivity contribution < 1.29 is 19.1 Å². The van der Waals surface area contributed by atoms with Crippen LogP contribution in [0.4, 0.5) is 5.69 Å². The highest BCUT2D eigenvalue weighted by Gasteiger charge is 2.22. The lowest BCUT2D eigenvalue weighted by Gasteiger charge is -2.15. The van der Waals surface area contributed by atoms with Crippen molar-refractivity contribution in [3.8, 4) is 22.1 Å². The number of hydrogen-bond donors (Lipinski definition) is 1. The number of carbonyl (C=O) groups excluding carboxylic acids is 2. The molecule has 5 aromatic rings. The lowest BCUT2D eigenvalue weighted by molar-refractivity contribution is -0.123. The maximum absolute atomic E-state index is 13.0. The number of aromatic nitrogens is 1. The number of rotatable bonds is 7. The van der Waals surface area contributed by atoms with Gasteiger partial charge in [-0.15, -0.1) is 11.3 Å². The number of hydrogen-bond acceptors (Lipinski definition) is 6. The zero-order chi connectivity index (χ0) is 24.9. The molecule has 5 rings (SSSR count). The fraction of sp³-hybridized carbons (Fsp3) is 0.0690. The molecule has 4 aromatic carbocycles. The van der Waals surface area contributed by atoms with Gasteiger partial charge in [-0.1, -0.05) is 48.5 Å². The van der Waals surface area contributed by atoms with Crippen molar-refractivity contribution >= 4 is 39.1 Å². The standard InChI is InChI=1S/C29H22N2O4S/c1-19(27(32)30-20-15-17-22(18-16-20)35-21-9-3-2-4-10-21)34-29(33)24-12-6-5-11-23(24)28-31-25-13-7-8-14-26(25)36-28/h2-19H,1H3,(H,30,32). The summed E-state index contributed by atoms with van der Waals surface area (Å²) in [5.41, 5.74) is 2.47. The molecular weight excluding hydrogens is 472 g/mol. The van der Waals surface area contributed by atoms with Crippen LogP contribution in [-0.4, -0.2) is 23.0 Å². The van der Waals surface area contributed by atoms with Gasteiger partial charge in [0.1, 0.15) is 16.5 Å². The van der Waals surface area contributed by atoms with E-state index in [1.807, 2.05) is 66.7 Å². The molecule has 7 heteroatoms. The Kier molecular flexibility index (Phi) is 6.73. The van der Waals surface area contributed by atoms with E-state index >= 15 is 0 Å². The van der Waals surface area contributed by atoms with Gasteiger partial charge in [0.05, 0.1) is 15.8 Å². The molecule has 0 bridgehead atoms. The van der Waals surface area contributed by atoms with Gasteiger partial charge < -0.3 is 14.8 Å². The van der Waals surface area contributed by atoms with Gasteiger partial charge in [0, 0.05) is 11.3 Å². The molecule has 1 atom stereocenters. The predicted molar refractivity (Wildman–Crippen MR) is 142 cm³/mol. The lowest BCUT2D eigenvalue weighted by Crippen LogP contribution is -2.30. The smallest absolute Gasteiger partial charge is 0.339 e. The van der Waals surface area contributed by atoms with Crippen molar-refractivity contribution in [3.63, 3.8) is 0 Å². The van der Waals surface area contributed by atoms with Gasteiger partial charge in [-0.3, -0.25) is 4.79 Å². The molecule has 1 amide bonds. The molecule has 0 saturated carbocycles. The number of amides is 1. The van der Waals surface area contributed by atoms with Crippen molar-refractivity contribution in [1.29, 1.82) is 0 Å². The molecule has 1 N–H and O–H groups in total. The Labute approximate surface area is 212 Å². The van der Waals surface area contributed by atoms with E-state index in [0.29, 0.717) is 22.6 Å². The van der Waals surface area contributed by atoms with Crippen LogP contribution in [0.1, 0.15) is 17.3 Å². The summed E-state index contributed by atoms with van der Waals surface area (Å²) in [4.78, 5) is 30.3. The molecule has 0 saturated heterocycles. The molecule has 0 radical (unpaired) electrons. The average Bonchev–Trinajstić information content (AvgIpc) is 3.34. The summed E-state index contributed by atoms with van der Waals surface area (Å²) in [7, 11) is 0. The first-order valence-corrected chi connectivity index (χ1v) is 12.2. The summed E-state index contributed by atoms with van der Waals surface area (Å²) < 4.78 is 12.3. The number of esters is 1. The Morgan fingerprint density at radius 1 is 0.806 bits per heavy atom. The van der Waals surface area contributed by atoms with E-state index in [2.05, 4.69) is 10.3 Å². The molecule has 0 spiro atoms. The number of ether oxygens (including phenoxy) is 2. The van der Waals surface area contributed by atoms with Crippen LogP contribution in [0.5, 0.6) is 11.5 Å². The monoisotopic (exact) mass is 494 g/mol. The summed E-state index contributed by atoms with van der Waals surface area (Å²) in [6, 6.07) is 31.3. The molecule has 0 aliphatic heterocycles. The van der Waals surface area contributed by atoms with Crippen LogP contribution in [0.3, 0.4) is 0 Å². The first-order valence-electron chi connectivity index (χ1n) is 11.4. The van der Waals surface area contributed by atoms with E-state index < -0.39 is 18.0 Å². The number of para-hydroxylation sites is 2. The molecule has 1 unspecified atom stereocenters. The fourth-order valence-corrected chi connectivity index (χ4v) is 4.59. The lowest BCUT2D eigenvalue weighted by atomic mass is 10.1. The van der Waals surface area contributed by atoms with Crippen molar-refractivity contribution in [2.45, 2.75) is 13.0 Å². The second kappa shape index (κ2) is 10.4. The maximum Gasteiger partial charge on any atom is 0.339 e. The van der Waals surface area contributed by atoms with Gasteiger partial charge in [0.25, 0.3) is 5.91 Å². The van der Waals surface area contributed by atoms with E-state index in [0.717, 1.165) is 21.0 Å². The summed E-state index contributed by atoms with van der Waals surface area (Å²) in [5.74, 6) is 0.350. The van der Waals surface area contributed by atoms with Gasteiger partial charge >= 0.3 is 5.97 Å². The van der Waals surface area contributed by atoms with E-state index in [1.54, 1.807) is 43.3 Å². The first kappa shape index (κ1) is 23.3. The maximum atomic E-state index is 13.0. The Hall–Kier alpha value is -4.49. The Morgan fingerprint density at radius 2 is 1.47 bits per heavy atom. The van der Waals surface area contributed by atoms with Crippen molar-refractivity contribution in [2.24, 2.45) is 0 Å². The van der Waals surface area contributed by atoms with Gasteiger partial charge in [0.15, 0.2) is 6.10 Å². The number of nitrogens with one attached hydrogen (secondary N) is 1. The van der Waals surface area contributed by atoms with Crippen molar-refractivity contribution in [2.75, 3.05) is 5.32 Å². The number of fused-ring (bicyclic) bond motifs is 1. The van der Waals surface area contributed by atoms with Gasteiger partial charge in [-0.05, 0) is 61.5 Å². The first-order chi connectivity index (χ1) is 17.6. The third-order valence-electron chi connectivity index (χ3n) is 5.43. The normalized spacial score (nSPS) is 11.6. The van der Waals surface area contributed by atoms with Crippen LogP contribution in [-0.2, 0) is 9.53 Å². The second-order valence-electron chi connectivity index (χ2n) is 8.01. The van der Waals surface area contributed by atoms with Crippen LogP contribution in [0.2, 0.25) is 0 Å². The van der Waals surface area contributed by atoms with E-state index in [9.17, 15) is 9.59 Å². The highest BCUT2D eigenvalue weighted by atomic mass is 32.1. The number of benzene rings is 4. The minimum atomic E-state index is -0.999. The number of anilines is 1. The summed E-state index contributed by atoms with van der Waals surface area (Å²) in [6.07, 6.45) is -0.999. The summed E-state index contributed by atoms with van der Waals surface area (Å²) >= 11 is 1.50. The third kappa shape index (κ3) is 5.26. The van der Waals surface area contributed by atoms with Crippen LogP contribution < -0.4 is 10.1 Å². The number of thiazole rings is 1. The zero-order valence-corrected chi connectivity index (χ0v) is 20.2. The molecule has 1 heterocycles. The minimum Gasteiger partial charge on any atom is -0.457 e. The number of nitrogens with zero attached hydrogens (tertiary/aromatic N) is 1. The van der Waals surface area contributed by atoms with Crippen LogP contribution in [0.15, 0.2) is 103 Å². The molecule has 6 nitrogen and oxygen atoms in total. The molecule has 0 fully saturated rings. The van der Waals surface area contributed by atoms with Gasteiger partial charge in [-0.25, -0.2) is 9.78 Å². The highest BCUT2D eigenvalue weighted by Crippen LogP contribution is 2.32. The molecular formula is C29H22N2O4S. The quantitative estimate of drug-likeness (QED) is 0.248. The van der Waals surface area contributed by atoms with Crippen LogP contribution in [0.25, 0.3) is 20.8 Å². The van der Waals surface area contributed by atoms with Crippen LogP contribution >= 0.6 is 11.3 Å². The van der Waals surface area contributed by atoms with Crippen molar-refractivity contribution in [3.05, 3.63) is 109 Å². The summed E-state index contributed by atoms with van der Waals surface area (Å²) in [5, 5.41) is 3.49. The molecule has 0 aliphatic rings. The SMILES string of the molecule is CC(OC(=O)c1ccccc1-c1nc2ccccc2s1)C(=O)Nc1ccc(Oc2ccccc2)cc1. The van der Waals surface area contributed by atoms with E-state index in [1.165, 1.54) is 11.3 Å².